The van der Waals surface area contributed by atoms with Crippen LogP contribution >= 0.6 is 7.82 Å². The smallest absolute Gasteiger partial charge is 0.356 e. The molecule has 0 aromatic heterocycles. The number of nitrogens with one attached hydrogen (secondary N) is 1. The average molecular weight is 470 g/mol. The molecule has 0 fully saturated rings. The van der Waals surface area contributed by atoms with Gasteiger partial charge in [0.2, 0.25) is 5.91 Å². The van der Waals surface area contributed by atoms with Crippen molar-refractivity contribution >= 4 is 24.5 Å². The lowest BCUT2D eigenvalue weighted by Gasteiger charge is -2.14. The molecule has 7 heteroatoms. The molecule has 6 nitrogen and oxygen atoms in total. The number of carbonyl (C=O) groups excluding carboxylic acids is 1. The summed E-state index contributed by atoms with van der Waals surface area (Å²) in [6.45, 7) is 4.05. The molecule has 0 aliphatic rings. The first-order valence-electron chi connectivity index (χ1n) is 11.3. The second kappa shape index (κ2) is 12.1. The van der Waals surface area contributed by atoms with E-state index in [1.807, 2.05) is 36.4 Å². The molecule has 0 bridgehead atoms. The first-order chi connectivity index (χ1) is 15.9. The zero-order valence-electron chi connectivity index (χ0n) is 19.2. The van der Waals surface area contributed by atoms with E-state index in [1.165, 1.54) is 0 Å². The van der Waals surface area contributed by atoms with Crippen LogP contribution in [-0.2, 0) is 24.8 Å². The van der Waals surface area contributed by atoms with Crippen LogP contribution in [0.25, 0.3) is 21.9 Å². The van der Waals surface area contributed by atoms with Crippen molar-refractivity contribution in [1.29, 1.82) is 0 Å². The van der Waals surface area contributed by atoms with E-state index in [4.69, 9.17) is 9.05 Å². The lowest BCUT2D eigenvalue weighted by atomic mass is 9.92. The molecule has 1 atom stereocenters. The highest BCUT2D eigenvalue weighted by Crippen LogP contribution is 2.44. The van der Waals surface area contributed by atoms with Gasteiger partial charge in [0, 0.05) is 6.54 Å². The Kier molecular flexibility index (Phi) is 9.21. The van der Waals surface area contributed by atoms with Gasteiger partial charge in [-0.3, -0.25) is 13.8 Å². The van der Waals surface area contributed by atoms with Crippen LogP contribution in [-0.4, -0.2) is 30.1 Å². The molecule has 33 heavy (non-hydrogen) atoms. The first-order valence-corrected chi connectivity index (χ1v) is 12.8. The number of amides is 1. The maximum absolute atomic E-state index is 12.6. The highest BCUT2D eigenvalue weighted by atomic mass is 31.2. The van der Waals surface area contributed by atoms with E-state index >= 15 is 0 Å². The van der Waals surface area contributed by atoms with Gasteiger partial charge < -0.3 is 10.2 Å². The molecule has 0 radical (unpaired) electrons. The highest BCUT2D eigenvalue weighted by molar-refractivity contribution is 7.47. The van der Waals surface area contributed by atoms with E-state index in [0.29, 0.717) is 19.4 Å². The van der Waals surface area contributed by atoms with Gasteiger partial charge in [0.25, 0.3) is 0 Å². The van der Waals surface area contributed by atoms with Crippen LogP contribution in [0.15, 0.2) is 66.7 Å². The molecule has 0 aliphatic heterocycles. The predicted molar refractivity (Wildman–Crippen MR) is 132 cm³/mol. The third-order valence-corrected chi connectivity index (χ3v) is 6.37. The highest BCUT2D eigenvalue weighted by Gasteiger charge is 2.22. The fraction of sp³-hybridized carbons (Fsp3) is 0.346. The molecule has 176 valence electrons. The van der Waals surface area contributed by atoms with Crippen molar-refractivity contribution in [3.63, 3.8) is 0 Å². The fourth-order valence-electron chi connectivity index (χ4n) is 3.75. The van der Waals surface area contributed by atoms with Crippen molar-refractivity contribution in [3.05, 3.63) is 72.3 Å². The number of hydrogen-bond donors (Lipinski definition) is 2. The minimum atomic E-state index is -3.98. The van der Waals surface area contributed by atoms with E-state index in [9.17, 15) is 14.3 Å². The van der Waals surface area contributed by atoms with Gasteiger partial charge in [0.05, 0.1) is 19.1 Å². The van der Waals surface area contributed by atoms with Gasteiger partial charge in [0.15, 0.2) is 0 Å². The number of phosphoric acid groups is 1. The number of benzene rings is 3. The van der Waals surface area contributed by atoms with Gasteiger partial charge in [-0.25, -0.2) is 4.57 Å². The summed E-state index contributed by atoms with van der Waals surface area (Å²) in [7, 11) is -3.98. The number of hydrogen-bond acceptors (Lipinski definition) is 4. The number of phosphoric ester groups is 1. The molecule has 3 aromatic rings. The molecule has 0 heterocycles. The maximum Gasteiger partial charge on any atom is 0.472 e. The molecule has 0 aliphatic carbocycles. The fourth-order valence-corrected chi connectivity index (χ4v) is 4.71. The standard InChI is InChI=1S/C26H32NO5P/c1-20(2)32-33(29,30)31-18-10-4-9-17-27-25(28)19-23-16-15-21-11-7-8-14-24(21)26(23)22-12-5-3-6-13-22/h3,5-8,11-16,20H,4,9-10,17-19H2,1-2H3,(H,27,28)(H,29,30). The van der Waals surface area contributed by atoms with Crippen LogP contribution in [0.3, 0.4) is 0 Å². The summed E-state index contributed by atoms with van der Waals surface area (Å²) in [6, 6.07) is 22.5. The number of carbonyl (C=O) groups is 1. The van der Waals surface area contributed by atoms with Crippen LogP contribution in [0.2, 0.25) is 0 Å². The average Bonchev–Trinajstić information content (AvgIpc) is 2.78. The number of unbranched alkanes of at least 4 members (excludes halogenated alkanes) is 2. The minimum absolute atomic E-state index is 0.0242. The van der Waals surface area contributed by atoms with Crippen LogP contribution in [0.4, 0.5) is 0 Å². The Hall–Kier alpha value is -2.50. The Morgan fingerprint density at radius 2 is 1.70 bits per heavy atom. The molecule has 2 N–H and O–H groups in total. The summed E-state index contributed by atoms with van der Waals surface area (Å²) in [4.78, 5) is 22.2. The lowest BCUT2D eigenvalue weighted by molar-refractivity contribution is -0.120. The second-order valence-electron chi connectivity index (χ2n) is 8.23. The van der Waals surface area contributed by atoms with Crippen LogP contribution in [0.5, 0.6) is 0 Å². The largest absolute Gasteiger partial charge is 0.472 e. The van der Waals surface area contributed by atoms with E-state index in [-0.39, 0.29) is 18.6 Å². The van der Waals surface area contributed by atoms with Crippen LogP contribution in [0, 0.1) is 0 Å². The Morgan fingerprint density at radius 1 is 0.970 bits per heavy atom. The Morgan fingerprint density at radius 3 is 2.45 bits per heavy atom. The molecule has 1 amide bonds. The Labute approximate surface area is 195 Å². The molecule has 3 rings (SSSR count). The molecule has 1 unspecified atom stereocenters. The lowest BCUT2D eigenvalue weighted by Crippen LogP contribution is -2.26. The summed E-state index contributed by atoms with van der Waals surface area (Å²) in [5, 5.41) is 5.27. The molecule has 0 spiro atoms. The summed E-state index contributed by atoms with van der Waals surface area (Å²) in [5.41, 5.74) is 3.19. The van der Waals surface area contributed by atoms with Crippen LogP contribution < -0.4 is 5.32 Å². The van der Waals surface area contributed by atoms with Gasteiger partial charge in [-0.1, -0.05) is 66.7 Å². The monoisotopic (exact) mass is 469 g/mol. The summed E-state index contributed by atoms with van der Waals surface area (Å²) in [6.07, 6.45) is 2.08. The van der Waals surface area contributed by atoms with Gasteiger partial charge in [-0.2, -0.15) is 0 Å². The molecular weight excluding hydrogens is 437 g/mol. The maximum atomic E-state index is 12.6. The summed E-state index contributed by atoms with van der Waals surface area (Å²) < 4.78 is 21.4. The van der Waals surface area contributed by atoms with Crippen molar-refractivity contribution in [2.75, 3.05) is 13.2 Å². The molecule has 0 saturated carbocycles. The van der Waals surface area contributed by atoms with E-state index in [2.05, 4.69) is 35.6 Å². The third-order valence-electron chi connectivity index (χ3n) is 5.17. The SMILES string of the molecule is CC(C)OP(=O)(O)OCCCCCNC(=O)Cc1ccc2ccccc2c1-c1ccccc1. The minimum Gasteiger partial charge on any atom is -0.356 e. The van der Waals surface area contributed by atoms with Gasteiger partial charge in [-0.05, 0) is 60.6 Å². The van der Waals surface area contributed by atoms with Gasteiger partial charge >= 0.3 is 7.82 Å². The normalized spacial score (nSPS) is 13.2. The first kappa shape index (κ1) is 25.1. The zero-order chi connectivity index (χ0) is 23.7. The van der Waals surface area contributed by atoms with Gasteiger partial charge in [-0.15, -0.1) is 0 Å². The second-order valence-corrected chi connectivity index (χ2v) is 9.64. The summed E-state index contributed by atoms with van der Waals surface area (Å²) >= 11 is 0. The van der Waals surface area contributed by atoms with E-state index < -0.39 is 7.82 Å². The van der Waals surface area contributed by atoms with Crippen molar-refractivity contribution < 1.29 is 23.3 Å². The predicted octanol–water partition coefficient (Wildman–Crippen LogP) is 5.88. The topological polar surface area (TPSA) is 84.9 Å². The summed E-state index contributed by atoms with van der Waals surface area (Å²) in [5.74, 6) is -0.0242. The van der Waals surface area contributed by atoms with E-state index in [1.54, 1.807) is 13.8 Å². The van der Waals surface area contributed by atoms with Crippen molar-refractivity contribution in [2.24, 2.45) is 0 Å². The zero-order valence-corrected chi connectivity index (χ0v) is 20.1. The van der Waals surface area contributed by atoms with E-state index in [0.717, 1.165) is 40.3 Å². The van der Waals surface area contributed by atoms with Crippen molar-refractivity contribution in [2.45, 2.75) is 45.6 Å². The van der Waals surface area contributed by atoms with Gasteiger partial charge in [0.1, 0.15) is 0 Å². The van der Waals surface area contributed by atoms with Crippen molar-refractivity contribution in [3.8, 4) is 11.1 Å². The van der Waals surface area contributed by atoms with Crippen LogP contribution in [0.1, 0.15) is 38.7 Å². The Balaban J connectivity index is 1.51. The third kappa shape index (κ3) is 7.79. The molecular formula is C26H32NO5P. The molecule has 0 saturated heterocycles. The van der Waals surface area contributed by atoms with Crippen molar-refractivity contribution in [1.82, 2.24) is 5.32 Å². The quantitative estimate of drug-likeness (QED) is 0.256. The number of rotatable bonds is 12. The Bertz CT molecular complexity index is 1100. The molecule has 3 aromatic carbocycles. The number of fused-ring (bicyclic) bond motifs is 1.